The zero-order chi connectivity index (χ0) is 7.98. The van der Waals surface area contributed by atoms with Crippen molar-refractivity contribution >= 4 is 0 Å². The van der Waals surface area contributed by atoms with E-state index in [-0.39, 0.29) is 0 Å². The van der Waals surface area contributed by atoms with Crippen molar-refractivity contribution in [3.8, 4) is 0 Å². The van der Waals surface area contributed by atoms with Gasteiger partial charge in [0.15, 0.2) is 0 Å². The van der Waals surface area contributed by atoms with Gasteiger partial charge in [-0.25, -0.2) is 5.11 Å². The third-order valence-corrected chi connectivity index (χ3v) is 1.16. The maximum atomic E-state index is 10.1. The average molecular weight is 144 g/mol. The molecule has 59 valence electrons. The van der Waals surface area contributed by atoms with Crippen LogP contribution in [0.3, 0.4) is 0 Å². The summed E-state index contributed by atoms with van der Waals surface area (Å²) in [4.78, 5) is 1.84. The summed E-state index contributed by atoms with van der Waals surface area (Å²) in [7, 11) is 1.83. The molecule has 10 heavy (non-hydrogen) atoms. The summed E-state index contributed by atoms with van der Waals surface area (Å²) >= 11 is 0. The van der Waals surface area contributed by atoms with Crippen molar-refractivity contribution in [2.45, 2.75) is 6.10 Å². The molecule has 0 saturated heterocycles. The Hall–Kier alpha value is -0.380. The molecule has 0 saturated carbocycles. The Morgan fingerprint density at radius 2 is 2.40 bits per heavy atom. The molecular weight excluding hydrogens is 130 g/mol. The van der Waals surface area contributed by atoms with Crippen LogP contribution in [0, 0.1) is 0 Å². The van der Waals surface area contributed by atoms with E-state index in [2.05, 4.69) is 6.58 Å². The van der Waals surface area contributed by atoms with Gasteiger partial charge in [-0.05, 0) is 7.05 Å². The van der Waals surface area contributed by atoms with Gasteiger partial charge in [-0.2, -0.15) is 0 Å². The minimum Gasteiger partial charge on any atom is -0.389 e. The third kappa shape index (κ3) is 4.49. The smallest absolute Gasteiger partial charge is 0.109 e. The molecule has 3 heteroatoms. The van der Waals surface area contributed by atoms with Gasteiger partial charge in [0.1, 0.15) is 6.61 Å². The summed E-state index contributed by atoms with van der Waals surface area (Å²) in [6.07, 6.45) is 0.988. The Bertz CT molecular complexity index is 95.6. The van der Waals surface area contributed by atoms with Crippen LogP contribution in [-0.2, 0) is 5.11 Å². The molecule has 1 radical (unpaired) electrons. The van der Waals surface area contributed by atoms with Crippen LogP contribution in [0.25, 0.3) is 0 Å². The van der Waals surface area contributed by atoms with E-state index in [1.54, 1.807) is 6.08 Å². The molecule has 0 rings (SSSR count). The second-order valence-corrected chi connectivity index (χ2v) is 2.33. The second kappa shape index (κ2) is 5.41. The van der Waals surface area contributed by atoms with Crippen molar-refractivity contribution in [1.29, 1.82) is 0 Å². The fourth-order valence-electron chi connectivity index (χ4n) is 0.707. The molecule has 0 aliphatic rings. The Labute approximate surface area is 61.6 Å². The van der Waals surface area contributed by atoms with Crippen LogP contribution < -0.4 is 0 Å². The van der Waals surface area contributed by atoms with Crippen LogP contribution in [0.1, 0.15) is 0 Å². The number of nitrogens with zero attached hydrogens (tertiary/aromatic N) is 1. The highest BCUT2D eigenvalue weighted by molar-refractivity contribution is 4.72. The van der Waals surface area contributed by atoms with Crippen molar-refractivity contribution in [1.82, 2.24) is 4.90 Å². The molecule has 0 aromatic rings. The largest absolute Gasteiger partial charge is 0.389 e. The van der Waals surface area contributed by atoms with E-state index >= 15 is 0 Å². The molecule has 0 bridgehead atoms. The van der Waals surface area contributed by atoms with Crippen molar-refractivity contribution in [3.05, 3.63) is 12.7 Å². The van der Waals surface area contributed by atoms with E-state index < -0.39 is 12.7 Å². The molecule has 0 aliphatic heterocycles. The lowest BCUT2D eigenvalue weighted by Gasteiger charge is -2.16. The van der Waals surface area contributed by atoms with Gasteiger partial charge >= 0.3 is 0 Å². The van der Waals surface area contributed by atoms with Crippen LogP contribution in [0.5, 0.6) is 0 Å². The molecule has 1 N–H and O–H groups in total. The topological polar surface area (TPSA) is 43.4 Å². The normalized spacial score (nSPS) is 13.6. The van der Waals surface area contributed by atoms with Crippen LogP contribution in [0.2, 0.25) is 0 Å². The summed E-state index contributed by atoms with van der Waals surface area (Å²) in [6.45, 7) is 4.23. The lowest BCUT2D eigenvalue weighted by atomic mass is 10.3. The fourth-order valence-corrected chi connectivity index (χ4v) is 0.707. The van der Waals surface area contributed by atoms with Gasteiger partial charge in [-0.3, -0.25) is 0 Å². The number of hydrogen-bond donors (Lipinski definition) is 1. The van der Waals surface area contributed by atoms with Gasteiger partial charge in [0.25, 0.3) is 0 Å². The first-order chi connectivity index (χ1) is 4.70. The molecule has 0 unspecified atom stereocenters. The quantitative estimate of drug-likeness (QED) is 0.547. The lowest BCUT2D eigenvalue weighted by molar-refractivity contribution is 0.0370. The molecule has 0 amide bonds. The number of rotatable bonds is 5. The fraction of sp³-hybridized carbons (Fsp3) is 0.714. The molecule has 0 aliphatic carbocycles. The zero-order valence-corrected chi connectivity index (χ0v) is 6.29. The van der Waals surface area contributed by atoms with Crippen molar-refractivity contribution in [3.63, 3.8) is 0 Å². The molecule has 0 heterocycles. The van der Waals surface area contributed by atoms with Gasteiger partial charge in [0.2, 0.25) is 0 Å². The van der Waals surface area contributed by atoms with E-state index in [9.17, 15) is 5.11 Å². The number of likely N-dealkylation sites (N-methyl/N-ethyl adjacent to an activating group) is 1. The molecule has 0 aromatic carbocycles. The summed E-state index contributed by atoms with van der Waals surface area (Å²) < 4.78 is 0. The zero-order valence-electron chi connectivity index (χ0n) is 6.29. The van der Waals surface area contributed by atoms with Gasteiger partial charge in [-0.15, -0.1) is 6.58 Å². The monoisotopic (exact) mass is 144 g/mol. The highest BCUT2D eigenvalue weighted by Gasteiger charge is 2.04. The van der Waals surface area contributed by atoms with Crippen LogP contribution in [0.4, 0.5) is 0 Å². The summed E-state index contributed by atoms with van der Waals surface area (Å²) in [5.74, 6) is 0. The molecule has 0 aromatic heterocycles. The van der Waals surface area contributed by atoms with Crippen LogP contribution in [0.15, 0.2) is 12.7 Å². The van der Waals surface area contributed by atoms with Crippen LogP contribution >= 0.6 is 0 Å². The Morgan fingerprint density at radius 1 is 1.80 bits per heavy atom. The molecule has 3 nitrogen and oxygen atoms in total. The molecule has 1 atom stereocenters. The van der Waals surface area contributed by atoms with E-state index in [4.69, 9.17) is 5.11 Å². The van der Waals surface area contributed by atoms with Gasteiger partial charge in [0, 0.05) is 13.1 Å². The summed E-state index contributed by atoms with van der Waals surface area (Å²) in [5, 5.41) is 18.9. The number of hydrogen-bond acceptors (Lipinski definition) is 2. The van der Waals surface area contributed by atoms with E-state index in [1.807, 2.05) is 11.9 Å². The summed E-state index contributed by atoms with van der Waals surface area (Å²) in [5.41, 5.74) is 0. The minimum absolute atomic E-state index is 0.426. The lowest BCUT2D eigenvalue weighted by Crippen LogP contribution is -2.30. The van der Waals surface area contributed by atoms with Crippen molar-refractivity contribution in [2.24, 2.45) is 0 Å². The minimum atomic E-state index is -0.745. The molecule has 0 fully saturated rings. The predicted molar refractivity (Wildman–Crippen MR) is 39.3 cm³/mol. The maximum absolute atomic E-state index is 10.1. The van der Waals surface area contributed by atoms with Gasteiger partial charge in [-0.1, -0.05) is 6.08 Å². The SMILES string of the molecule is C=CCN(C)C[C@@H](O)C[O]. The molecular formula is C7H14NO2. The Kier molecular flexibility index (Phi) is 5.20. The standard InChI is InChI=1S/C7H14NO2/c1-3-4-8(2)5-7(10)6-9/h3,7,10H,1,4-6H2,2H3/t7-/m1/s1. The van der Waals surface area contributed by atoms with Gasteiger partial charge < -0.3 is 10.0 Å². The Balaban J connectivity index is 3.35. The Morgan fingerprint density at radius 3 is 2.80 bits per heavy atom. The van der Waals surface area contributed by atoms with Gasteiger partial charge in [0.05, 0.1) is 6.10 Å². The maximum Gasteiger partial charge on any atom is 0.109 e. The average Bonchev–Trinajstić information content (AvgIpc) is 1.88. The van der Waals surface area contributed by atoms with E-state index in [0.29, 0.717) is 13.1 Å². The van der Waals surface area contributed by atoms with Crippen molar-refractivity contribution in [2.75, 3.05) is 26.7 Å². The number of aliphatic hydroxyl groups is 1. The first kappa shape index (κ1) is 9.62. The van der Waals surface area contributed by atoms with E-state index in [1.165, 1.54) is 0 Å². The number of aliphatic hydroxyl groups excluding tert-OH is 1. The van der Waals surface area contributed by atoms with Crippen LogP contribution in [-0.4, -0.2) is 42.9 Å². The summed E-state index contributed by atoms with van der Waals surface area (Å²) in [6, 6.07) is 0. The predicted octanol–water partition coefficient (Wildman–Crippen LogP) is -0.104. The molecule has 0 spiro atoms. The third-order valence-electron chi connectivity index (χ3n) is 1.16. The second-order valence-electron chi connectivity index (χ2n) is 2.33. The van der Waals surface area contributed by atoms with Crippen molar-refractivity contribution < 1.29 is 10.2 Å². The first-order valence-corrected chi connectivity index (χ1v) is 3.26. The van der Waals surface area contributed by atoms with E-state index in [0.717, 1.165) is 0 Å². The highest BCUT2D eigenvalue weighted by atomic mass is 16.3. The first-order valence-electron chi connectivity index (χ1n) is 3.26. The highest BCUT2D eigenvalue weighted by Crippen LogP contribution is 1.87.